The van der Waals surface area contributed by atoms with E-state index < -0.39 is 23.9 Å². The Morgan fingerprint density at radius 1 is 1.15 bits per heavy atom. The molecule has 2 fully saturated rings. The van der Waals surface area contributed by atoms with Gasteiger partial charge in [0.1, 0.15) is 18.0 Å². The van der Waals surface area contributed by atoms with Crippen LogP contribution in [0.5, 0.6) is 5.75 Å². The molecule has 1 amide bonds. The van der Waals surface area contributed by atoms with Gasteiger partial charge in [0.25, 0.3) is 0 Å². The van der Waals surface area contributed by atoms with Crippen molar-refractivity contribution in [3.63, 3.8) is 0 Å². The Morgan fingerprint density at radius 3 is 2.64 bits per heavy atom. The van der Waals surface area contributed by atoms with E-state index in [2.05, 4.69) is 10.2 Å². The van der Waals surface area contributed by atoms with E-state index in [1.807, 2.05) is 24.3 Å². The average molecular weight is 464 g/mol. The van der Waals surface area contributed by atoms with Crippen molar-refractivity contribution in [2.24, 2.45) is 0 Å². The third kappa shape index (κ3) is 8.77. The number of hydrogen-bond donors (Lipinski definition) is 3. The van der Waals surface area contributed by atoms with E-state index >= 15 is 0 Å². The number of ether oxygens (including phenoxy) is 2. The van der Waals surface area contributed by atoms with Gasteiger partial charge in [-0.25, -0.2) is 4.79 Å². The van der Waals surface area contributed by atoms with Crippen LogP contribution in [0, 0.1) is 0 Å². The SMILES string of the molecule is CC(C)(C)OC(=O)N1C[C@H](O)C[C@@H](NCc2cccc(OCCN3CCCCC3)c2)[C@H](O)C1. The molecule has 2 saturated heterocycles. The molecule has 8 nitrogen and oxygen atoms in total. The molecule has 0 bridgehead atoms. The van der Waals surface area contributed by atoms with Gasteiger partial charge in [0, 0.05) is 19.1 Å². The minimum atomic E-state index is -0.807. The number of carbonyl (C=O) groups excluding carboxylic acids is 1. The van der Waals surface area contributed by atoms with Crippen molar-refractivity contribution >= 4 is 6.09 Å². The van der Waals surface area contributed by atoms with Crippen molar-refractivity contribution in [1.29, 1.82) is 0 Å². The number of β-amino-alcohol motifs (C(OH)–C–C–N with tert-alkyl or cyclic N) is 2. The highest BCUT2D eigenvalue weighted by molar-refractivity contribution is 5.68. The Kier molecular flexibility index (Phi) is 9.37. The summed E-state index contributed by atoms with van der Waals surface area (Å²) in [6.07, 6.45) is 2.17. The van der Waals surface area contributed by atoms with Gasteiger partial charge in [-0.2, -0.15) is 0 Å². The standard InChI is InChI=1S/C25H41N3O5/c1-25(2,3)33-24(31)28-17-20(29)15-22(23(30)18-28)26-16-19-8-7-9-21(14-19)32-13-12-27-10-5-4-6-11-27/h7-9,14,20,22-23,26,29-30H,4-6,10-13,15-18H2,1-3H3/t20-,22-,23-/m1/s1. The van der Waals surface area contributed by atoms with E-state index in [4.69, 9.17) is 9.47 Å². The summed E-state index contributed by atoms with van der Waals surface area (Å²) in [6.45, 7) is 10.1. The van der Waals surface area contributed by atoms with Crippen LogP contribution < -0.4 is 10.1 Å². The van der Waals surface area contributed by atoms with Crippen molar-refractivity contribution in [3.05, 3.63) is 29.8 Å². The number of amides is 1. The molecule has 2 heterocycles. The van der Waals surface area contributed by atoms with Crippen LogP contribution in [0.2, 0.25) is 0 Å². The lowest BCUT2D eigenvalue weighted by molar-refractivity contribution is 0.0104. The average Bonchev–Trinajstić information content (AvgIpc) is 2.90. The zero-order valence-electron chi connectivity index (χ0n) is 20.3. The summed E-state index contributed by atoms with van der Waals surface area (Å²) in [6, 6.07) is 7.61. The first kappa shape index (κ1) is 25.7. The summed E-state index contributed by atoms with van der Waals surface area (Å²) in [5.41, 5.74) is 0.415. The van der Waals surface area contributed by atoms with Crippen molar-refractivity contribution in [1.82, 2.24) is 15.1 Å². The third-order valence-electron chi connectivity index (χ3n) is 6.07. The molecule has 3 rings (SSSR count). The number of rotatable bonds is 7. The largest absolute Gasteiger partial charge is 0.492 e. The number of nitrogens with one attached hydrogen (secondary N) is 1. The van der Waals surface area contributed by atoms with Gasteiger partial charge in [0.15, 0.2) is 0 Å². The minimum absolute atomic E-state index is 0.114. The summed E-state index contributed by atoms with van der Waals surface area (Å²) in [4.78, 5) is 16.3. The number of hydrogen-bond acceptors (Lipinski definition) is 7. The Morgan fingerprint density at radius 2 is 1.91 bits per heavy atom. The van der Waals surface area contributed by atoms with Crippen molar-refractivity contribution in [2.45, 2.75) is 76.9 Å². The Balaban J connectivity index is 1.48. The Labute approximate surface area is 197 Å². The molecule has 2 aliphatic rings. The molecule has 1 aromatic rings. The molecule has 0 aromatic heterocycles. The second-order valence-corrected chi connectivity index (χ2v) is 10.2. The lowest BCUT2D eigenvalue weighted by atomic mass is 10.0. The second kappa shape index (κ2) is 12.0. The maximum absolute atomic E-state index is 12.4. The molecule has 0 unspecified atom stereocenters. The van der Waals surface area contributed by atoms with Crippen LogP contribution in [0.15, 0.2) is 24.3 Å². The maximum Gasteiger partial charge on any atom is 0.410 e. The van der Waals surface area contributed by atoms with E-state index in [0.717, 1.165) is 30.9 Å². The minimum Gasteiger partial charge on any atom is -0.492 e. The maximum atomic E-state index is 12.4. The van der Waals surface area contributed by atoms with E-state index in [9.17, 15) is 15.0 Å². The highest BCUT2D eigenvalue weighted by atomic mass is 16.6. The first-order valence-corrected chi connectivity index (χ1v) is 12.2. The first-order chi connectivity index (χ1) is 15.7. The number of carbonyl (C=O) groups is 1. The van der Waals surface area contributed by atoms with Gasteiger partial charge in [-0.05, 0) is 70.8 Å². The molecule has 186 valence electrons. The predicted molar refractivity (Wildman–Crippen MR) is 127 cm³/mol. The normalized spacial score (nSPS) is 24.9. The first-order valence-electron chi connectivity index (χ1n) is 12.2. The third-order valence-corrected chi connectivity index (χ3v) is 6.07. The predicted octanol–water partition coefficient (Wildman–Crippen LogP) is 2.37. The highest BCUT2D eigenvalue weighted by Gasteiger charge is 2.33. The summed E-state index contributed by atoms with van der Waals surface area (Å²) in [7, 11) is 0. The van der Waals surface area contributed by atoms with Gasteiger partial charge in [-0.3, -0.25) is 4.90 Å². The molecule has 2 aliphatic heterocycles. The summed E-state index contributed by atoms with van der Waals surface area (Å²) in [5, 5.41) is 24.5. The van der Waals surface area contributed by atoms with Crippen molar-refractivity contribution in [3.8, 4) is 5.75 Å². The highest BCUT2D eigenvalue weighted by Crippen LogP contribution is 2.18. The monoisotopic (exact) mass is 463 g/mol. The zero-order valence-corrected chi connectivity index (χ0v) is 20.3. The molecule has 33 heavy (non-hydrogen) atoms. The number of aliphatic hydroxyl groups is 2. The van der Waals surface area contributed by atoms with Crippen LogP contribution in [-0.2, 0) is 11.3 Å². The lowest BCUT2D eigenvalue weighted by Crippen LogP contribution is -2.46. The fraction of sp³-hybridized carbons (Fsp3) is 0.720. The summed E-state index contributed by atoms with van der Waals surface area (Å²) in [5.74, 6) is 0.837. The quantitative estimate of drug-likeness (QED) is 0.572. The number of aliphatic hydroxyl groups excluding tert-OH is 2. The second-order valence-electron chi connectivity index (χ2n) is 10.2. The molecule has 3 N–H and O–H groups in total. The summed E-state index contributed by atoms with van der Waals surface area (Å²) < 4.78 is 11.4. The molecule has 0 saturated carbocycles. The fourth-order valence-electron chi connectivity index (χ4n) is 4.37. The van der Waals surface area contributed by atoms with Gasteiger partial charge < -0.3 is 29.9 Å². The molecule has 0 spiro atoms. The van der Waals surface area contributed by atoms with Crippen molar-refractivity contribution < 1.29 is 24.5 Å². The van der Waals surface area contributed by atoms with E-state index in [1.54, 1.807) is 20.8 Å². The molecule has 8 heteroatoms. The topological polar surface area (TPSA) is 94.5 Å². The van der Waals surface area contributed by atoms with Gasteiger partial charge in [0.05, 0.1) is 25.3 Å². The van der Waals surface area contributed by atoms with E-state index in [1.165, 1.54) is 24.2 Å². The van der Waals surface area contributed by atoms with E-state index in [-0.39, 0.29) is 19.1 Å². The molecular formula is C25H41N3O5. The fourth-order valence-corrected chi connectivity index (χ4v) is 4.37. The Bertz CT molecular complexity index is 748. The van der Waals surface area contributed by atoms with E-state index in [0.29, 0.717) is 19.6 Å². The van der Waals surface area contributed by atoms with Gasteiger partial charge >= 0.3 is 6.09 Å². The van der Waals surface area contributed by atoms with Crippen LogP contribution in [-0.4, -0.2) is 89.3 Å². The number of piperidine rings is 1. The van der Waals surface area contributed by atoms with Gasteiger partial charge in [0.2, 0.25) is 0 Å². The van der Waals surface area contributed by atoms with Crippen LogP contribution >= 0.6 is 0 Å². The molecule has 0 aliphatic carbocycles. The number of benzene rings is 1. The molecule has 0 radical (unpaired) electrons. The van der Waals surface area contributed by atoms with Crippen LogP contribution in [0.25, 0.3) is 0 Å². The van der Waals surface area contributed by atoms with Crippen molar-refractivity contribution in [2.75, 3.05) is 39.3 Å². The molecule has 1 aromatic carbocycles. The van der Waals surface area contributed by atoms with Crippen LogP contribution in [0.1, 0.15) is 52.0 Å². The summed E-state index contributed by atoms with van der Waals surface area (Å²) >= 11 is 0. The molecular weight excluding hydrogens is 422 g/mol. The van der Waals surface area contributed by atoms with Crippen LogP contribution in [0.4, 0.5) is 4.79 Å². The molecule has 3 atom stereocenters. The van der Waals surface area contributed by atoms with Crippen LogP contribution in [0.3, 0.4) is 0 Å². The number of nitrogens with zero attached hydrogens (tertiary/aromatic N) is 2. The Hall–Kier alpha value is -1.87. The lowest BCUT2D eigenvalue weighted by Gasteiger charge is -2.28. The van der Waals surface area contributed by atoms with Gasteiger partial charge in [-0.15, -0.1) is 0 Å². The zero-order chi connectivity index (χ0) is 23.8. The number of likely N-dealkylation sites (tertiary alicyclic amines) is 2. The van der Waals surface area contributed by atoms with Gasteiger partial charge in [-0.1, -0.05) is 18.6 Å². The smallest absolute Gasteiger partial charge is 0.410 e.